The van der Waals surface area contributed by atoms with Crippen molar-refractivity contribution in [1.29, 1.82) is 0 Å². The molecule has 33 heavy (non-hydrogen) atoms. The van der Waals surface area contributed by atoms with E-state index in [-0.39, 0.29) is 6.61 Å². The number of aryl methyl sites for hydroxylation is 2. The number of ether oxygens (including phenoxy) is 1. The van der Waals surface area contributed by atoms with Crippen LogP contribution in [-0.2, 0) is 4.74 Å². The second kappa shape index (κ2) is 13.4. The Labute approximate surface area is 201 Å². The van der Waals surface area contributed by atoms with Gasteiger partial charge in [-0.05, 0) is 45.6 Å². The zero-order chi connectivity index (χ0) is 24.4. The molecule has 3 aromatic rings. The van der Waals surface area contributed by atoms with Crippen molar-refractivity contribution in [2.75, 3.05) is 37.9 Å². The summed E-state index contributed by atoms with van der Waals surface area (Å²) < 4.78 is 6.00. The Hall–Kier alpha value is -2.36. The Morgan fingerprint density at radius 3 is 2.42 bits per heavy atom. The third-order valence-corrected chi connectivity index (χ3v) is 6.71. The molecule has 0 aliphatic heterocycles. The summed E-state index contributed by atoms with van der Waals surface area (Å²) in [5.41, 5.74) is 3.64. The second-order valence-corrected chi connectivity index (χ2v) is 9.03. The molecule has 8 nitrogen and oxygen atoms in total. The third kappa shape index (κ3) is 7.31. The molecule has 0 fully saturated rings. The van der Waals surface area contributed by atoms with Gasteiger partial charge >= 0.3 is 0 Å². The number of pyridine rings is 1. The first-order valence-corrected chi connectivity index (χ1v) is 12.4. The maximum absolute atomic E-state index is 9.41. The molecule has 0 unspecified atom stereocenters. The summed E-state index contributed by atoms with van der Waals surface area (Å²) in [7, 11) is 3.54. The second-order valence-electron chi connectivity index (χ2n) is 8.00. The number of rotatable bonds is 10. The van der Waals surface area contributed by atoms with Gasteiger partial charge in [-0.2, -0.15) is 4.98 Å². The summed E-state index contributed by atoms with van der Waals surface area (Å²) in [5, 5.41) is 16.7. The van der Waals surface area contributed by atoms with Crippen LogP contribution in [0.15, 0.2) is 12.3 Å². The molecule has 0 amide bonds. The smallest absolute Gasteiger partial charge is 0.224 e. The number of anilines is 2. The summed E-state index contributed by atoms with van der Waals surface area (Å²) in [5.74, 6) is 1.64. The summed E-state index contributed by atoms with van der Waals surface area (Å²) in [6, 6.07) is 1.99. The molecule has 0 aliphatic carbocycles. The fourth-order valence-electron chi connectivity index (χ4n) is 3.14. The Morgan fingerprint density at radius 2 is 1.88 bits per heavy atom. The van der Waals surface area contributed by atoms with E-state index in [1.807, 2.05) is 33.2 Å². The van der Waals surface area contributed by atoms with Crippen LogP contribution >= 0.6 is 11.3 Å². The standard InChI is InChI=1S/C19H26N6OS.C5H12O/c1-5-13(10-26)6-8-22-17-15(11(2)23-19(20-4)25-17)18-24-16-12(3)21-9-7-14(16)27-18;1-4-5(2)6-3/h7,9,13,26H,5-6,8,10H2,1-4H3,(H2,20,22,23,25);5H,4H2,1-3H3/t13-;5-/m01/s1. The van der Waals surface area contributed by atoms with Crippen molar-refractivity contribution in [3.63, 3.8) is 0 Å². The van der Waals surface area contributed by atoms with Gasteiger partial charge in [-0.1, -0.05) is 20.3 Å². The summed E-state index contributed by atoms with van der Waals surface area (Å²) in [4.78, 5) is 18.3. The minimum atomic E-state index is 0.208. The van der Waals surface area contributed by atoms with E-state index >= 15 is 0 Å². The average Bonchev–Trinajstić information content (AvgIpc) is 3.26. The number of aromatic nitrogens is 4. The van der Waals surface area contributed by atoms with Crippen molar-refractivity contribution in [2.45, 2.75) is 60.0 Å². The average molecular weight is 475 g/mol. The van der Waals surface area contributed by atoms with Crippen LogP contribution in [-0.4, -0.2) is 58.5 Å². The Balaban J connectivity index is 0.000000569. The molecule has 0 spiro atoms. The molecule has 0 aromatic carbocycles. The summed E-state index contributed by atoms with van der Waals surface area (Å²) in [6.07, 6.45) is 5.19. The lowest BCUT2D eigenvalue weighted by atomic mass is 10.0. The maximum atomic E-state index is 9.41. The molecular weight excluding hydrogens is 436 g/mol. The molecule has 0 bridgehead atoms. The van der Waals surface area contributed by atoms with E-state index in [0.717, 1.165) is 63.8 Å². The number of hydrogen-bond donors (Lipinski definition) is 3. The third-order valence-electron chi connectivity index (χ3n) is 5.68. The van der Waals surface area contributed by atoms with Gasteiger partial charge in [0.25, 0.3) is 0 Å². The number of fused-ring (bicyclic) bond motifs is 1. The van der Waals surface area contributed by atoms with E-state index in [1.165, 1.54) is 0 Å². The SMILES string of the molecule is CC[C@@H](C)OC.CC[C@H](CO)CCNc1nc(NC)nc(C)c1-c1nc2c(C)nccc2s1. The van der Waals surface area contributed by atoms with Crippen LogP contribution in [0.2, 0.25) is 0 Å². The molecule has 0 aliphatic rings. The van der Waals surface area contributed by atoms with E-state index in [1.54, 1.807) is 18.4 Å². The van der Waals surface area contributed by atoms with Gasteiger partial charge in [-0.25, -0.2) is 9.97 Å². The highest BCUT2D eigenvalue weighted by Gasteiger charge is 2.18. The fraction of sp³-hybridized carbons (Fsp3) is 0.583. The monoisotopic (exact) mass is 474 g/mol. The molecule has 3 heterocycles. The lowest BCUT2D eigenvalue weighted by Crippen LogP contribution is -2.14. The van der Waals surface area contributed by atoms with Gasteiger partial charge in [0, 0.05) is 33.5 Å². The molecule has 0 radical (unpaired) electrons. The van der Waals surface area contributed by atoms with Gasteiger partial charge in [0.05, 0.1) is 27.8 Å². The van der Waals surface area contributed by atoms with Crippen LogP contribution in [0.1, 0.15) is 51.4 Å². The fourth-order valence-corrected chi connectivity index (χ4v) is 4.25. The van der Waals surface area contributed by atoms with E-state index in [4.69, 9.17) is 9.72 Å². The Kier molecular flexibility index (Phi) is 10.9. The number of aliphatic hydroxyl groups excluding tert-OH is 1. The van der Waals surface area contributed by atoms with E-state index < -0.39 is 0 Å². The number of thiazole rings is 1. The van der Waals surface area contributed by atoms with Gasteiger partial charge in [0.2, 0.25) is 5.95 Å². The maximum Gasteiger partial charge on any atom is 0.224 e. The number of nitrogens with one attached hydrogen (secondary N) is 2. The van der Waals surface area contributed by atoms with Gasteiger partial charge in [-0.15, -0.1) is 11.3 Å². The first-order chi connectivity index (χ1) is 15.9. The predicted molar refractivity (Wildman–Crippen MR) is 138 cm³/mol. The van der Waals surface area contributed by atoms with Gasteiger partial charge in [0.1, 0.15) is 16.3 Å². The summed E-state index contributed by atoms with van der Waals surface area (Å²) in [6.45, 7) is 11.1. The van der Waals surface area contributed by atoms with E-state index in [0.29, 0.717) is 18.0 Å². The molecule has 182 valence electrons. The van der Waals surface area contributed by atoms with Crippen molar-refractivity contribution >= 4 is 33.3 Å². The largest absolute Gasteiger partial charge is 0.396 e. The lowest BCUT2D eigenvalue weighted by molar-refractivity contribution is 0.115. The normalized spacial score (nSPS) is 12.7. The minimum absolute atomic E-state index is 0.208. The van der Waals surface area contributed by atoms with Crippen molar-refractivity contribution in [1.82, 2.24) is 19.9 Å². The molecule has 3 rings (SSSR count). The Morgan fingerprint density at radius 1 is 1.12 bits per heavy atom. The van der Waals surface area contributed by atoms with E-state index in [2.05, 4.69) is 46.4 Å². The van der Waals surface area contributed by atoms with Crippen molar-refractivity contribution in [2.24, 2.45) is 5.92 Å². The molecule has 3 N–H and O–H groups in total. The van der Waals surface area contributed by atoms with Crippen molar-refractivity contribution in [3.05, 3.63) is 23.7 Å². The van der Waals surface area contributed by atoms with Crippen LogP contribution in [0.5, 0.6) is 0 Å². The highest BCUT2D eigenvalue weighted by atomic mass is 32.1. The molecule has 3 aromatic heterocycles. The Bertz CT molecular complexity index is 1000. The molecule has 0 saturated carbocycles. The first kappa shape index (κ1) is 26.9. The highest BCUT2D eigenvalue weighted by Crippen LogP contribution is 2.36. The molecule has 0 saturated heterocycles. The van der Waals surface area contributed by atoms with Crippen LogP contribution < -0.4 is 10.6 Å². The minimum Gasteiger partial charge on any atom is -0.396 e. The molecular formula is C24H38N6O2S. The van der Waals surface area contributed by atoms with Crippen LogP contribution in [0.3, 0.4) is 0 Å². The van der Waals surface area contributed by atoms with Crippen molar-refractivity contribution in [3.8, 4) is 10.6 Å². The van der Waals surface area contributed by atoms with Gasteiger partial charge in [-0.3, -0.25) is 4.98 Å². The topological polar surface area (TPSA) is 105 Å². The van der Waals surface area contributed by atoms with Gasteiger partial charge < -0.3 is 20.5 Å². The van der Waals surface area contributed by atoms with Gasteiger partial charge in [0.15, 0.2) is 0 Å². The number of aliphatic hydroxyl groups is 1. The lowest BCUT2D eigenvalue weighted by Gasteiger charge is -2.15. The quantitative estimate of drug-likeness (QED) is 0.374. The first-order valence-electron chi connectivity index (χ1n) is 11.5. The molecule has 9 heteroatoms. The predicted octanol–water partition coefficient (Wildman–Crippen LogP) is 5.06. The summed E-state index contributed by atoms with van der Waals surface area (Å²) >= 11 is 1.62. The number of methoxy groups -OCH3 is 1. The van der Waals surface area contributed by atoms with Crippen LogP contribution in [0, 0.1) is 19.8 Å². The zero-order valence-corrected chi connectivity index (χ0v) is 21.7. The van der Waals surface area contributed by atoms with E-state index in [9.17, 15) is 5.11 Å². The molecule has 2 atom stereocenters. The zero-order valence-electron chi connectivity index (χ0n) is 20.9. The number of hydrogen-bond acceptors (Lipinski definition) is 9. The highest BCUT2D eigenvalue weighted by molar-refractivity contribution is 7.21. The van der Waals surface area contributed by atoms with Crippen molar-refractivity contribution < 1.29 is 9.84 Å². The van der Waals surface area contributed by atoms with Crippen LogP contribution in [0.25, 0.3) is 20.8 Å². The number of nitrogens with zero attached hydrogens (tertiary/aromatic N) is 4. The van der Waals surface area contributed by atoms with Crippen LogP contribution in [0.4, 0.5) is 11.8 Å².